The molecule has 0 spiro atoms. The average Bonchev–Trinajstić information content (AvgIpc) is 2.27. The van der Waals surface area contributed by atoms with Crippen LogP contribution in [0.5, 0.6) is 0 Å². The SMILES string of the molecule is CSc1cc(C(=O)C(=O)O)c(SC)cc1C. The maximum Gasteiger partial charge on any atom is 0.377 e. The summed E-state index contributed by atoms with van der Waals surface area (Å²) < 4.78 is 0. The molecule has 1 aromatic rings. The van der Waals surface area contributed by atoms with E-state index >= 15 is 0 Å². The van der Waals surface area contributed by atoms with Gasteiger partial charge in [0, 0.05) is 15.4 Å². The summed E-state index contributed by atoms with van der Waals surface area (Å²) >= 11 is 2.88. The third-order valence-corrected chi connectivity index (χ3v) is 3.81. The van der Waals surface area contributed by atoms with Crippen molar-refractivity contribution in [3.8, 4) is 0 Å². The number of carbonyl (C=O) groups is 2. The van der Waals surface area contributed by atoms with E-state index in [4.69, 9.17) is 5.11 Å². The lowest BCUT2D eigenvalue weighted by molar-refractivity contribution is -0.131. The molecule has 0 aromatic heterocycles. The van der Waals surface area contributed by atoms with Crippen LogP contribution in [0.15, 0.2) is 21.9 Å². The molecule has 1 N–H and O–H groups in total. The minimum atomic E-state index is -1.41. The zero-order chi connectivity index (χ0) is 12.3. The third kappa shape index (κ3) is 2.59. The number of aryl methyl sites for hydroxylation is 1. The third-order valence-electron chi connectivity index (χ3n) is 2.16. The summed E-state index contributed by atoms with van der Waals surface area (Å²) in [6.45, 7) is 1.95. The number of carboxylic acid groups (broad SMARTS) is 1. The molecule has 0 aliphatic rings. The summed E-state index contributed by atoms with van der Waals surface area (Å²) in [4.78, 5) is 23.8. The molecule has 0 bridgehead atoms. The zero-order valence-corrected chi connectivity index (χ0v) is 10.9. The van der Waals surface area contributed by atoms with Crippen molar-refractivity contribution in [1.82, 2.24) is 0 Å². The molecule has 0 aliphatic heterocycles. The van der Waals surface area contributed by atoms with Crippen molar-refractivity contribution in [2.45, 2.75) is 16.7 Å². The van der Waals surface area contributed by atoms with Gasteiger partial charge in [-0.15, -0.1) is 23.5 Å². The Labute approximate surface area is 103 Å². The second kappa shape index (κ2) is 5.41. The molecule has 0 unspecified atom stereocenters. The molecule has 0 heterocycles. The fourth-order valence-corrected chi connectivity index (χ4v) is 2.63. The van der Waals surface area contributed by atoms with E-state index in [1.54, 1.807) is 6.07 Å². The minimum Gasteiger partial charge on any atom is -0.475 e. The van der Waals surface area contributed by atoms with Gasteiger partial charge in [-0.1, -0.05) is 0 Å². The van der Waals surface area contributed by atoms with E-state index < -0.39 is 11.8 Å². The first-order chi connectivity index (χ1) is 7.51. The standard InChI is InChI=1S/C11H12O3S2/c1-6-4-9(16-3)7(5-8(6)15-2)10(12)11(13)14/h4-5H,1-3H3,(H,13,14). The molecule has 5 heteroatoms. The predicted octanol–water partition coefficient (Wildman–Crippen LogP) is 2.71. The Morgan fingerprint density at radius 2 is 1.69 bits per heavy atom. The van der Waals surface area contributed by atoms with Crippen LogP contribution in [-0.4, -0.2) is 29.4 Å². The highest BCUT2D eigenvalue weighted by Crippen LogP contribution is 2.29. The molecule has 0 aliphatic carbocycles. The van der Waals surface area contributed by atoms with E-state index in [-0.39, 0.29) is 5.56 Å². The second-order valence-electron chi connectivity index (χ2n) is 3.16. The molecule has 16 heavy (non-hydrogen) atoms. The molecule has 0 amide bonds. The van der Waals surface area contributed by atoms with Gasteiger partial charge in [-0.05, 0) is 37.1 Å². The van der Waals surface area contributed by atoms with Crippen molar-refractivity contribution in [3.05, 3.63) is 23.3 Å². The lowest BCUT2D eigenvalue weighted by Gasteiger charge is -2.09. The molecule has 3 nitrogen and oxygen atoms in total. The fraction of sp³-hybridized carbons (Fsp3) is 0.273. The maximum atomic E-state index is 11.5. The van der Waals surface area contributed by atoms with Crippen molar-refractivity contribution >= 4 is 35.3 Å². The number of ketones is 1. The number of carbonyl (C=O) groups excluding carboxylic acids is 1. The summed E-state index contributed by atoms with van der Waals surface area (Å²) in [6, 6.07) is 3.51. The molecule has 0 fully saturated rings. The van der Waals surface area contributed by atoms with Crippen LogP contribution in [0.25, 0.3) is 0 Å². The maximum absolute atomic E-state index is 11.5. The number of hydrogen-bond donors (Lipinski definition) is 1. The van der Waals surface area contributed by atoms with E-state index in [1.165, 1.54) is 23.5 Å². The van der Waals surface area contributed by atoms with Crippen LogP contribution < -0.4 is 0 Å². The number of aliphatic carboxylic acids is 1. The number of carboxylic acids is 1. The van der Waals surface area contributed by atoms with Gasteiger partial charge in [0.05, 0.1) is 0 Å². The van der Waals surface area contributed by atoms with Crippen LogP contribution >= 0.6 is 23.5 Å². The quantitative estimate of drug-likeness (QED) is 0.510. The Morgan fingerprint density at radius 1 is 1.12 bits per heavy atom. The molecule has 1 rings (SSSR count). The van der Waals surface area contributed by atoms with Crippen LogP contribution in [-0.2, 0) is 4.79 Å². The summed E-state index contributed by atoms with van der Waals surface area (Å²) in [5, 5.41) is 8.72. The molecule has 0 saturated heterocycles. The Morgan fingerprint density at radius 3 is 2.12 bits per heavy atom. The van der Waals surface area contributed by atoms with Crippen molar-refractivity contribution in [2.24, 2.45) is 0 Å². The van der Waals surface area contributed by atoms with Crippen molar-refractivity contribution < 1.29 is 14.7 Å². The number of thioether (sulfide) groups is 2. The molecule has 1 aromatic carbocycles. The topological polar surface area (TPSA) is 54.4 Å². The first-order valence-electron chi connectivity index (χ1n) is 4.51. The molecular weight excluding hydrogens is 244 g/mol. The molecule has 0 atom stereocenters. The summed E-state index contributed by atoms with van der Waals surface area (Å²) in [5.41, 5.74) is 1.33. The van der Waals surface area contributed by atoms with Crippen LogP contribution in [0.4, 0.5) is 0 Å². The van der Waals surface area contributed by atoms with E-state index in [0.29, 0.717) is 4.90 Å². The Bertz CT molecular complexity index is 441. The van der Waals surface area contributed by atoms with E-state index in [2.05, 4.69) is 0 Å². The Hall–Kier alpha value is -0.940. The molecule has 86 valence electrons. The largest absolute Gasteiger partial charge is 0.475 e. The van der Waals surface area contributed by atoms with Crippen LogP contribution in [0.3, 0.4) is 0 Å². The smallest absolute Gasteiger partial charge is 0.377 e. The normalized spacial score (nSPS) is 10.2. The Kier molecular flexibility index (Phi) is 4.44. The van der Waals surface area contributed by atoms with Crippen molar-refractivity contribution in [1.29, 1.82) is 0 Å². The number of Topliss-reactive ketones (excluding diaryl/α,β-unsaturated/α-hetero) is 1. The zero-order valence-electron chi connectivity index (χ0n) is 9.23. The fourth-order valence-electron chi connectivity index (χ4n) is 1.34. The van der Waals surface area contributed by atoms with E-state index in [0.717, 1.165) is 10.5 Å². The van der Waals surface area contributed by atoms with Crippen LogP contribution in [0.1, 0.15) is 15.9 Å². The van der Waals surface area contributed by atoms with Gasteiger partial charge in [0.2, 0.25) is 0 Å². The monoisotopic (exact) mass is 256 g/mol. The van der Waals surface area contributed by atoms with Crippen LogP contribution in [0.2, 0.25) is 0 Å². The first kappa shape index (κ1) is 13.1. The highest BCUT2D eigenvalue weighted by Gasteiger charge is 2.19. The first-order valence-corrected chi connectivity index (χ1v) is 6.96. The minimum absolute atomic E-state index is 0.273. The number of hydrogen-bond acceptors (Lipinski definition) is 4. The van der Waals surface area contributed by atoms with Gasteiger partial charge in [0.15, 0.2) is 0 Å². The van der Waals surface area contributed by atoms with Crippen molar-refractivity contribution in [3.63, 3.8) is 0 Å². The molecular formula is C11H12O3S2. The average molecular weight is 256 g/mol. The highest BCUT2D eigenvalue weighted by molar-refractivity contribution is 7.99. The summed E-state index contributed by atoms with van der Waals surface area (Å²) in [6.07, 6.45) is 3.72. The predicted molar refractivity (Wildman–Crippen MR) is 66.7 cm³/mol. The van der Waals surface area contributed by atoms with Gasteiger partial charge in [-0.3, -0.25) is 4.79 Å². The number of rotatable bonds is 4. The van der Waals surface area contributed by atoms with Crippen LogP contribution in [0, 0.1) is 6.92 Å². The Balaban J connectivity index is 3.35. The van der Waals surface area contributed by atoms with Gasteiger partial charge in [0.1, 0.15) is 0 Å². The lowest BCUT2D eigenvalue weighted by atomic mass is 10.1. The number of benzene rings is 1. The van der Waals surface area contributed by atoms with Gasteiger partial charge < -0.3 is 5.11 Å². The highest BCUT2D eigenvalue weighted by atomic mass is 32.2. The second-order valence-corrected chi connectivity index (χ2v) is 4.85. The summed E-state index contributed by atoms with van der Waals surface area (Å²) in [5.74, 6) is -2.26. The summed E-state index contributed by atoms with van der Waals surface area (Å²) in [7, 11) is 0. The molecule has 0 radical (unpaired) electrons. The van der Waals surface area contributed by atoms with Gasteiger partial charge >= 0.3 is 5.97 Å². The van der Waals surface area contributed by atoms with E-state index in [1.807, 2.05) is 25.5 Å². The van der Waals surface area contributed by atoms with E-state index in [9.17, 15) is 9.59 Å². The van der Waals surface area contributed by atoms with Gasteiger partial charge in [-0.2, -0.15) is 0 Å². The van der Waals surface area contributed by atoms with Gasteiger partial charge in [0.25, 0.3) is 5.78 Å². The molecule has 0 saturated carbocycles. The van der Waals surface area contributed by atoms with Gasteiger partial charge in [-0.25, -0.2) is 4.79 Å². The van der Waals surface area contributed by atoms with Crippen molar-refractivity contribution in [2.75, 3.05) is 12.5 Å². The lowest BCUT2D eigenvalue weighted by Crippen LogP contribution is -2.14.